The van der Waals surface area contributed by atoms with Crippen LogP contribution in [0.1, 0.15) is 38.8 Å². The minimum Gasteiger partial charge on any atom is -0.391 e. The molecule has 4 aromatic rings. The number of aliphatic hydroxyl groups is 2. The van der Waals surface area contributed by atoms with Gasteiger partial charge in [-0.15, -0.1) is 6.58 Å². The fraction of sp³-hybridized carbons (Fsp3) is 0.438. The van der Waals surface area contributed by atoms with Crippen molar-refractivity contribution in [2.24, 2.45) is 0 Å². The van der Waals surface area contributed by atoms with Gasteiger partial charge in [-0.2, -0.15) is 4.98 Å². The molecule has 1 aromatic carbocycles. The van der Waals surface area contributed by atoms with Crippen LogP contribution in [0.2, 0.25) is 0 Å². The van der Waals surface area contributed by atoms with Crippen LogP contribution in [-0.4, -0.2) is 83.4 Å². The number of hydrogen-bond acceptors (Lipinski definition) is 9. The van der Waals surface area contributed by atoms with Gasteiger partial charge in [0.05, 0.1) is 18.2 Å². The summed E-state index contributed by atoms with van der Waals surface area (Å²) in [6, 6.07) is 14.0. The molecule has 0 radical (unpaired) electrons. The number of fused-ring (bicyclic) bond motifs is 1. The SMILES string of the molecule is C=CCn1c(=O)c2cnc(Nc3ccc(N4CCN(C5CCCC5O)CC4)cc3)nc2n1-c1cccc(CC(C)(C)O)n1. The number of pyridine rings is 1. The van der Waals surface area contributed by atoms with Crippen molar-refractivity contribution in [1.82, 2.24) is 29.2 Å². The Labute approximate surface area is 251 Å². The summed E-state index contributed by atoms with van der Waals surface area (Å²) in [6.07, 6.45) is 6.50. The molecule has 2 fully saturated rings. The minimum atomic E-state index is -0.923. The molecule has 43 heavy (non-hydrogen) atoms. The lowest BCUT2D eigenvalue weighted by Gasteiger charge is -2.40. The first-order chi connectivity index (χ1) is 20.7. The summed E-state index contributed by atoms with van der Waals surface area (Å²) in [6.45, 7) is 11.3. The van der Waals surface area contributed by atoms with E-state index in [9.17, 15) is 15.0 Å². The van der Waals surface area contributed by atoms with Gasteiger partial charge < -0.3 is 20.4 Å². The summed E-state index contributed by atoms with van der Waals surface area (Å²) >= 11 is 0. The smallest absolute Gasteiger partial charge is 0.278 e. The zero-order valence-electron chi connectivity index (χ0n) is 24.9. The molecule has 3 aromatic heterocycles. The summed E-state index contributed by atoms with van der Waals surface area (Å²) in [5, 5.41) is 24.3. The van der Waals surface area contributed by atoms with Gasteiger partial charge in [0.1, 0.15) is 5.39 Å². The Hall–Kier alpha value is -4.06. The molecule has 1 saturated carbocycles. The van der Waals surface area contributed by atoms with E-state index in [0.717, 1.165) is 56.8 Å². The molecule has 6 rings (SSSR count). The van der Waals surface area contributed by atoms with Crippen LogP contribution in [-0.2, 0) is 13.0 Å². The molecule has 0 amide bonds. The second-order valence-corrected chi connectivity index (χ2v) is 12.2. The van der Waals surface area contributed by atoms with Gasteiger partial charge in [0.25, 0.3) is 5.56 Å². The molecule has 1 saturated heterocycles. The van der Waals surface area contributed by atoms with Gasteiger partial charge >= 0.3 is 0 Å². The standard InChI is InChI=1S/C32H40N8O3/c1-4-15-39-30(42)25-21-33-31(36-29(25)40(39)28-10-5-7-23(34-28)20-32(2,3)43)35-22-11-13-24(14-12-22)37-16-18-38(19-17-37)26-8-6-9-27(26)41/h4-5,7,10-14,21,26-27,41,43H,1,6,8-9,15-20H2,2-3H3,(H,33,35,36). The zero-order chi connectivity index (χ0) is 30.1. The summed E-state index contributed by atoms with van der Waals surface area (Å²) in [4.78, 5) is 32.0. The number of aliphatic hydroxyl groups excluding tert-OH is 1. The highest BCUT2D eigenvalue weighted by Crippen LogP contribution is 2.27. The maximum Gasteiger partial charge on any atom is 0.278 e. The number of aromatic nitrogens is 5. The summed E-state index contributed by atoms with van der Waals surface area (Å²) in [5.74, 6) is 0.883. The van der Waals surface area contributed by atoms with Crippen molar-refractivity contribution in [3.05, 3.63) is 77.4 Å². The Balaban J connectivity index is 1.22. The van der Waals surface area contributed by atoms with E-state index in [4.69, 9.17) is 9.97 Å². The van der Waals surface area contributed by atoms with Gasteiger partial charge in [-0.3, -0.25) is 9.69 Å². The first-order valence-electron chi connectivity index (χ1n) is 15.0. The van der Waals surface area contributed by atoms with Crippen molar-refractivity contribution in [2.75, 3.05) is 36.4 Å². The maximum absolute atomic E-state index is 13.3. The molecule has 4 heterocycles. The van der Waals surface area contributed by atoms with E-state index in [1.807, 2.05) is 30.3 Å². The summed E-state index contributed by atoms with van der Waals surface area (Å²) in [5.41, 5.74) is 1.96. The molecule has 2 unspecified atom stereocenters. The van der Waals surface area contributed by atoms with Crippen molar-refractivity contribution in [2.45, 2.75) is 63.8 Å². The highest BCUT2D eigenvalue weighted by molar-refractivity contribution is 5.77. The Bertz CT molecular complexity index is 1650. The number of piperazine rings is 1. The molecule has 2 atom stereocenters. The number of rotatable bonds is 9. The number of benzene rings is 1. The van der Waals surface area contributed by atoms with Gasteiger partial charge in [0.15, 0.2) is 11.5 Å². The number of allylic oxidation sites excluding steroid dienone is 1. The molecule has 11 nitrogen and oxygen atoms in total. The van der Waals surface area contributed by atoms with Crippen LogP contribution in [0.5, 0.6) is 0 Å². The van der Waals surface area contributed by atoms with Crippen LogP contribution >= 0.6 is 0 Å². The first-order valence-corrected chi connectivity index (χ1v) is 15.0. The molecule has 2 aliphatic rings. The van der Waals surface area contributed by atoms with Crippen molar-refractivity contribution < 1.29 is 10.2 Å². The van der Waals surface area contributed by atoms with Crippen molar-refractivity contribution >= 4 is 28.4 Å². The van der Waals surface area contributed by atoms with Crippen LogP contribution < -0.4 is 15.8 Å². The zero-order valence-corrected chi connectivity index (χ0v) is 24.9. The van der Waals surface area contributed by atoms with Crippen LogP contribution in [0.15, 0.2) is 66.1 Å². The van der Waals surface area contributed by atoms with E-state index in [0.29, 0.717) is 41.0 Å². The van der Waals surface area contributed by atoms with E-state index in [-0.39, 0.29) is 18.2 Å². The lowest BCUT2D eigenvalue weighted by Crippen LogP contribution is -2.52. The molecule has 0 bridgehead atoms. The second-order valence-electron chi connectivity index (χ2n) is 12.2. The van der Waals surface area contributed by atoms with Crippen LogP contribution in [0, 0.1) is 0 Å². The topological polar surface area (TPSA) is 125 Å². The fourth-order valence-electron chi connectivity index (χ4n) is 6.28. The van der Waals surface area contributed by atoms with Gasteiger partial charge in [0, 0.05) is 61.9 Å². The number of hydrogen-bond donors (Lipinski definition) is 3. The minimum absolute atomic E-state index is 0.186. The van der Waals surface area contributed by atoms with Crippen molar-refractivity contribution in [3.8, 4) is 5.82 Å². The fourth-order valence-corrected chi connectivity index (χ4v) is 6.28. The van der Waals surface area contributed by atoms with E-state index in [1.165, 1.54) is 4.68 Å². The second kappa shape index (κ2) is 11.9. The molecule has 3 N–H and O–H groups in total. The summed E-state index contributed by atoms with van der Waals surface area (Å²) < 4.78 is 3.22. The largest absolute Gasteiger partial charge is 0.391 e. The van der Waals surface area contributed by atoms with E-state index < -0.39 is 5.60 Å². The molecule has 11 heteroatoms. The van der Waals surface area contributed by atoms with E-state index >= 15 is 0 Å². The maximum atomic E-state index is 13.3. The highest BCUT2D eigenvalue weighted by Gasteiger charge is 2.32. The molecule has 0 spiro atoms. The van der Waals surface area contributed by atoms with E-state index in [2.05, 4.69) is 38.8 Å². The molecular formula is C32H40N8O3. The predicted octanol–water partition coefficient (Wildman–Crippen LogP) is 3.26. The monoisotopic (exact) mass is 584 g/mol. The molecule has 226 valence electrons. The van der Waals surface area contributed by atoms with Crippen LogP contribution in [0.25, 0.3) is 16.9 Å². The lowest BCUT2D eigenvalue weighted by molar-refractivity contribution is 0.0671. The quantitative estimate of drug-likeness (QED) is 0.254. The molecular weight excluding hydrogens is 544 g/mol. The average Bonchev–Trinajstić information content (AvgIpc) is 3.53. The molecule has 1 aliphatic heterocycles. The molecule has 1 aliphatic carbocycles. The van der Waals surface area contributed by atoms with Gasteiger partial charge in [-0.1, -0.05) is 12.1 Å². The lowest BCUT2D eigenvalue weighted by atomic mass is 10.0. The van der Waals surface area contributed by atoms with Crippen LogP contribution in [0.4, 0.5) is 17.3 Å². The summed E-state index contributed by atoms with van der Waals surface area (Å²) in [7, 11) is 0. The third-order valence-electron chi connectivity index (χ3n) is 8.32. The Morgan fingerprint density at radius 1 is 1.07 bits per heavy atom. The Morgan fingerprint density at radius 3 is 2.51 bits per heavy atom. The number of nitrogens with zero attached hydrogens (tertiary/aromatic N) is 7. The predicted molar refractivity (Wildman–Crippen MR) is 168 cm³/mol. The van der Waals surface area contributed by atoms with Gasteiger partial charge in [-0.05, 0) is 69.5 Å². The number of anilines is 3. The Kier molecular flexibility index (Phi) is 8.04. The first kappa shape index (κ1) is 29.0. The van der Waals surface area contributed by atoms with Crippen molar-refractivity contribution in [1.29, 1.82) is 0 Å². The van der Waals surface area contributed by atoms with Crippen molar-refractivity contribution in [3.63, 3.8) is 0 Å². The van der Waals surface area contributed by atoms with Crippen LogP contribution in [0.3, 0.4) is 0 Å². The van der Waals surface area contributed by atoms with Gasteiger partial charge in [-0.25, -0.2) is 19.3 Å². The average molecular weight is 585 g/mol. The third-order valence-corrected chi connectivity index (χ3v) is 8.32. The Morgan fingerprint density at radius 2 is 1.84 bits per heavy atom. The highest BCUT2D eigenvalue weighted by atomic mass is 16.3. The van der Waals surface area contributed by atoms with Gasteiger partial charge in [0.2, 0.25) is 5.95 Å². The third kappa shape index (κ3) is 6.20. The van der Waals surface area contributed by atoms with E-state index in [1.54, 1.807) is 30.8 Å². The number of nitrogens with one attached hydrogen (secondary N) is 1. The normalized spacial score (nSPS) is 19.7.